The first kappa shape index (κ1) is 26.1. The number of thiazole rings is 1. The zero-order valence-corrected chi connectivity index (χ0v) is 23.3. The van der Waals surface area contributed by atoms with E-state index in [1.54, 1.807) is 43.4 Å². The average Bonchev–Trinajstić information content (AvgIpc) is 3.47. The van der Waals surface area contributed by atoms with E-state index in [1.807, 2.05) is 7.05 Å². The predicted molar refractivity (Wildman–Crippen MR) is 143 cm³/mol. The van der Waals surface area contributed by atoms with Crippen molar-refractivity contribution in [1.82, 2.24) is 28.0 Å². The van der Waals surface area contributed by atoms with Gasteiger partial charge in [-0.1, -0.05) is 17.7 Å². The molecular formula is C24H29ClN6O4S2. The summed E-state index contributed by atoms with van der Waals surface area (Å²) in [6.07, 6.45) is 3.89. The van der Waals surface area contributed by atoms with Crippen LogP contribution in [0.4, 0.5) is 0 Å². The van der Waals surface area contributed by atoms with Gasteiger partial charge in [-0.15, -0.1) is 11.3 Å². The first-order valence-corrected chi connectivity index (χ1v) is 14.6. The normalized spacial score (nSPS) is 19.2. The molecule has 0 saturated carbocycles. The van der Waals surface area contributed by atoms with Gasteiger partial charge >= 0.3 is 10.2 Å². The molecule has 0 bridgehead atoms. The smallest absolute Gasteiger partial charge is 0.307 e. The Hall–Kier alpha value is -2.51. The summed E-state index contributed by atoms with van der Waals surface area (Å²) in [4.78, 5) is 37.2. The fraction of sp³-hybridized carbons (Fsp3) is 0.458. The number of carbonyl (C=O) groups is 2. The number of piperazine rings is 1. The fourth-order valence-electron chi connectivity index (χ4n) is 4.75. The van der Waals surface area contributed by atoms with Gasteiger partial charge in [0.05, 0.1) is 11.7 Å². The van der Waals surface area contributed by atoms with E-state index in [0.29, 0.717) is 15.4 Å². The third-order valence-electron chi connectivity index (χ3n) is 6.89. The summed E-state index contributed by atoms with van der Waals surface area (Å²) in [6.45, 7) is 1.94. The van der Waals surface area contributed by atoms with Crippen LogP contribution in [-0.2, 0) is 28.0 Å². The maximum atomic E-state index is 13.6. The number of amides is 2. The molecule has 0 radical (unpaired) electrons. The summed E-state index contributed by atoms with van der Waals surface area (Å²) in [5.74, 6) is -0.430. The van der Waals surface area contributed by atoms with E-state index in [4.69, 9.17) is 11.6 Å². The summed E-state index contributed by atoms with van der Waals surface area (Å²) in [5.41, 5.74) is 0.952. The first-order chi connectivity index (χ1) is 17.5. The van der Waals surface area contributed by atoms with Crippen LogP contribution in [0, 0.1) is 0 Å². The number of nitrogens with zero attached hydrogens (tertiary/aromatic N) is 6. The number of hydrogen-bond donors (Lipinski definition) is 0. The van der Waals surface area contributed by atoms with E-state index in [-0.39, 0.29) is 37.9 Å². The minimum Gasteiger partial charge on any atom is -0.349 e. The largest absolute Gasteiger partial charge is 0.349 e. The molecule has 3 aromatic rings. The highest BCUT2D eigenvalue weighted by Crippen LogP contribution is 2.28. The molecule has 0 spiro atoms. The van der Waals surface area contributed by atoms with Gasteiger partial charge in [-0.25, -0.2) is 8.96 Å². The minimum absolute atomic E-state index is 0.0107. The second-order valence-corrected chi connectivity index (χ2v) is 13.1. The molecule has 1 aromatic carbocycles. The van der Waals surface area contributed by atoms with Crippen molar-refractivity contribution in [1.29, 1.82) is 0 Å². The lowest BCUT2D eigenvalue weighted by Gasteiger charge is -2.40. The maximum absolute atomic E-state index is 13.6. The molecule has 2 aromatic heterocycles. The van der Waals surface area contributed by atoms with Gasteiger partial charge in [-0.3, -0.25) is 9.59 Å². The molecule has 13 heteroatoms. The van der Waals surface area contributed by atoms with Crippen LogP contribution in [0.25, 0.3) is 10.8 Å². The van der Waals surface area contributed by atoms with Crippen molar-refractivity contribution in [2.45, 2.75) is 25.4 Å². The van der Waals surface area contributed by atoms with Crippen molar-refractivity contribution >= 4 is 55.7 Å². The molecule has 4 heterocycles. The van der Waals surface area contributed by atoms with Crippen LogP contribution in [0.3, 0.4) is 0 Å². The fourth-order valence-corrected chi connectivity index (χ4v) is 7.51. The van der Waals surface area contributed by atoms with Crippen LogP contribution < -0.4 is 0 Å². The summed E-state index contributed by atoms with van der Waals surface area (Å²) in [5, 5.41) is 2.38. The summed E-state index contributed by atoms with van der Waals surface area (Å²) in [6, 6.07) is 4.57. The Bertz CT molecular complexity index is 1470. The predicted octanol–water partition coefficient (Wildman–Crippen LogP) is 2.14. The van der Waals surface area contributed by atoms with Gasteiger partial charge in [0, 0.05) is 92.7 Å². The number of halogens is 1. The molecule has 1 fully saturated rings. The monoisotopic (exact) mass is 564 g/mol. The van der Waals surface area contributed by atoms with E-state index in [9.17, 15) is 18.0 Å². The van der Waals surface area contributed by atoms with Crippen molar-refractivity contribution in [3.8, 4) is 0 Å². The quantitative estimate of drug-likeness (QED) is 0.471. The van der Waals surface area contributed by atoms with Crippen LogP contribution in [-0.4, -0.2) is 102 Å². The number of aromatic nitrogens is 2. The molecule has 1 atom stereocenters. The number of benzene rings is 1. The van der Waals surface area contributed by atoms with Gasteiger partial charge in [0.15, 0.2) is 5.01 Å². The summed E-state index contributed by atoms with van der Waals surface area (Å²) >= 11 is 7.46. The molecule has 1 saturated heterocycles. The highest BCUT2D eigenvalue weighted by molar-refractivity contribution is 7.87. The molecule has 198 valence electrons. The molecule has 37 heavy (non-hydrogen) atoms. The van der Waals surface area contributed by atoms with Gasteiger partial charge in [0.2, 0.25) is 5.91 Å². The van der Waals surface area contributed by atoms with Gasteiger partial charge in [0.25, 0.3) is 5.91 Å². The molecule has 10 nitrogen and oxygen atoms in total. The number of likely N-dealkylation sites (N-methyl/N-ethyl adjacent to an activating group) is 1. The van der Waals surface area contributed by atoms with E-state index in [1.165, 1.54) is 30.7 Å². The number of rotatable bonds is 5. The lowest BCUT2D eigenvalue weighted by molar-refractivity contribution is -0.130. The Kier molecular flexibility index (Phi) is 7.05. The van der Waals surface area contributed by atoms with Crippen molar-refractivity contribution in [2.75, 3.05) is 47.3 Å². The zero-order chi connectivity index (χ0) is 26.5. The maximum Gasteiger partial charge on any atom is 0.307 e. The molecule has 2 aliphatic heterocycles. The molecule has 2 amide bonds. The van der Waals surface area contributed by atoms with Crippen LogP contribution >= 0.6 is 22.9 Å². The Morgan fingerprint density at radius 2 is 1.92 bits per heavy atom. The van der Waals surface area contributed by atoms with Crippen molar-refractivity contribution in [3.63, 3.8) is 0 Å². The zero-order valence-electron chi connectivity index (χ0n) is 20.9. The van der Waals surface area contributed by atoms with E-state index < -0.39 is 16.3 Å². The highest BCUT2D eigenvalue weighted by Gasteiger charge is 2.39. The van der Waals surface area contributed by atoms with Crippen LogP contribution in [0.15, 0.2) is 30.6 Å². The first-order valence-electron chi connectivity index (χ1n) is 12.0. The molecule has 5 rings (SSSR count). The third-order valence-corrected chi connectivity index (χ3v) is 9.93. The molecular weight excluding hydrogens is 536 g/mol. The summed E-state index contributed by atoms with van der Waals surface area (Å²) < 4.78 is 29.6. The van der Waals surface area contributed by atoms with E-state index >= 15 is 0 Å². The summed E-state index contributed by atoms with van der Waals surface area (Å²) in [7, 11) is 1.41. The standard InChI is InChI=1S/C24H29ClN6O4S2/c1-27(2)22(32)11-19-14-29(37(34,35)30-12-16-4-5-18(25)10-17(16)13-30)8-9-31(19)24(33)23-26-20-6-7-28(3)15-21(20)36-23/h4-5,10,12-13,19H,6-9,11,14-15H2,1-3H3. The Balaban J connectivity index is 1.41. The molecule has 0 N–H and O–H groups in total. The van der Waals surface area contributed by atoms with Crippen LogP contribution in [0.1, 0.15) is 26.8 Å². The Morgan fingerprint density at radius 1 is 1.16 bits per heavy atom. The van der Waals surface area contributed by atoms with Crippen molar-refractivity contribution in [2.24, 2.45) is 0 Å². The van der Waals surface area contributed by atoms with Gasteiger partial charge in [-0.05, 0) is 19.2 Å². The van der Waals surface area contributed by atoms with E-state index in [2.05, 4.69) is 9.88 Å². The highest BCUT2D eigenvalue weighted by atomic mass is 35.5. The molecule has 2 aliphatic rings. The average molecular weight is 565 g/mol. The molecule has 1 unspecified atom stereocenters. The topological polar surface area (TPSA) is 99.1 Å². The number of carbonyl (C=O) groups excluding carboxylic acids is 2. The van der Waals surface area contributed by atoms with Gasteiger partial charge in [0.1, 0.15) is 0 Å². The Morgan fingerprint density at radius 3 is 2.68 bits per heavy atom. The van der Waals surface area contributed by atoms with Gasteiger partial charge < -0.3 is 14.7 Å². The third kappa shape index (κ3) is 5.13. The van der Waals surface area contributed by atoms with Crippen LogP contribution in [0.5, 0.6) is 0 Å². The second-order valence-electron chi connectivity index (χ2n) is 9.75. The lowest BCUT2D eigenvalue weighted by atomic mass is 10.1. The second kappa shape index (κ2) is 9.99. The van der Waals surface area contributed by atoms with Crippen LogP contribution in [0.2, 0.25) is 5.02 Å². The SMILES string of the molecule is CN1CCc2nc(C(=O)N3CCN(S(=O)(=O)n4cc5ccc(Cl)cc5c4)CC3CC(=O)N(C)C)sc2C1. The van der Waals surface area contributed by atoms with Crippen molar-refractivity contribution < 1.29 is 18.0 Å². The molecule has 0 aliphatic carbocycles. The lowest BCUT2D eigenvalue weighted by Crippen LogP contribution is -2.58. The number of fused-ring (bicyclic) bond motifs is 2. The minimum atomic E-state index is -3.92. The number of hydrogen-bond acceptors (Lipinski definition) is 7. The van der Waals surface area contributed by atoms with Crippen molar-refractivity contribution in [3.05, 3.63) is 51.2 Å². The van der Waals surface area contributed by atoms with E-state index in [0.717, 1.165) is 35.5 Å². The van der Waals surface area contributed by atoms with Gasteiger partial charge in [-0.2, -0.15) is 12.7 Å². The Labute approximate surface area is 225 Å².